The zero-order valence-corrected chi connectivity index (χ0v) is 14.8. The highest BCUT2D eigenvalue weighted by molar-refractivity contribution is 8.00. The van der Waals surface area contributed by atoms with Crippen LogP contribution in [0.4, 0.5) is 0 Å². The molecule has 0 aromatic heterocycles. The molecule has 6 heteroatoms. The minimum atomic E-state index is 0. The number of carbonyl (C=O) groups is 1. The van der Waals surface area contributed by atoms with Gasteiger partial charge in [0.2, 0.25) is 5.91 Å². The standard InChI is InChI=1S/C16H24N2O2S.ClH/c1-3-20-14-6-8-15(9-7-14)21-12-16(19)18-10-4-5-13(11-18)17-2;/h6-9,13,17H,3-5,10-12H2,1-2H3;1H. The fourth-order valence-electron chi connectivity index (χ4n) is 2.47. The largest absolute Gasteiger partial charge is 0.494 e. The lowest BCUT2D eigenvalue weighted by Crippen LogP contribution is -2.47. The van der Waals surface area contributed by atoms with Crippen LogP contribution in [0.15, 0.2) is 29.2 Å². The van der Waals surface area contributed by atoms with Crippen molar-refractivity contribution < 1.29 is 9.53 Å². The second kappa shape index (κ2) is 9.98. The predicted molar refractivity (Wildman–Crippen MR) is 94.2 cm³/mol. The van der Waals surface area contributed by atoms with Gasteiger partial charge in [-0.2, -0.15) is 0 Å². The smallest absolute Gasteiger partial charge is 0.232 e. The number of likely N-dealkylation sites (N-methyl/N-ethyl adjacent to an activating group) is 1. The van der Waals surface area contributed by atoms with Gasteiger partial charge in [-0.1, -0.05) is 0 Å². The second-order valence-corrected chi connectivity index (χ2v) is 6.21. The van der Waals surface area contributed by atoms with Crippen LogP contribution in [0.3, 0.4) is 0 Å². The number of carbonyl (C=O) groups excluding carboxylic acids is 1. The van der Waals surface area contributed by atoms with Gasteiger partial charge in [0.15, 0.2) is 0 Å². The Kier molecular flexibility index (Phi) is 8.68. The molecule has 1 atom stereocenters. The van der Waals surface area contributed by atoms with Crippen LogP contribution in [0.2, 0.25) is 0 Å². The third-order valence-corrected chi connectivity index (χ3v) is 4.68. The van der Waals surface area contributed by atoms with Crippen LogP contribution in [0, 0.1) is 0 Å². The second-order valence-electron chi connectivity index (χ2n) is 5.16. The molecule has 1 unspecified atom stereocenters. The fraction of sp³-hybridized carbons (Fsp3) is 0.562. The van der Waals surface area contributed by atoms with Gasteiger partial charge in [0.1, 0.15) is 5.75 Å². The van der Waals surface area contributed by atoms with Gasteiger partial charge < -0.3 is 15.0 Å². The first-order chi connectivity index (χ1) is 10.2. The van der Waals surface area contributed by atoms with E-state index < -0.39 is 0 Å². The molecule has 1 aromatic carbocycles. The fourth-order valence-corrected chi connectivity index (χ4v) is 3.28. The summed E-state index contributed by atoms with van der Waals surface area (Å²) in [6.45, 7) is 4.37. The van der Waals surface area contributed by atoms with Gasteiger partial charge in [-0.15, -0.1) is 24.2 Å². The Bertz CT molecular complexity index is 456. The van der Waals surface area contributed by atoms with Gasteiger partial charge in [-0.25, -0.2) is 0 Å². The van der Waals surface area contributed by atoms with Gasteiger partial charge in [-0.05, 0) is 51.1 Å². The predicted octanol–water partition coefficient (Wildman–Crippen LogP) is 2.81. The molecule has 124 valence electrons. The van der Waals surface area contributed by atoms with E-state index >= 15 is 0 Å². The third-order valence-electron chi connectivity index (χ3n) is 3.68. The first-order valence-corrected chi connectivity index (χ1v) is 8.52. The summed E-state index contributed by atoms with van der Waals surface area (Å²) in [4.78, 5) is 15.3. The molecule has 0 spiro atoms. The Morgan fingerprint density at radius 2 is 2.14 bits per heavy atom. The maximum atomic E-state index is 12.3. The van der Waals surface area contributed by atoms with E-state index in [1.807, 2.05) is 43.1 Å². The zero-order chi connectivity index (χ0) is 15.1. The Labute approximate surface area is 143 Å². The average molecular weight is 345 g/mol. The van der Waals surface area contributed by atoms with E-state index in [4.69, 9.17) is 4.74 Å². The number of hydrogen-bond acceptors (Lipinski definition) is 4. The van der Waals surface area contributed by atoms with Gasteiger partial charge in [0, 0.05) is 24.0 Å². The summed E-state index contributed by atoms with van der Waals surface area (Å²) in [5.41, 5.74) is 0. The molecule has 1 fully saturated rings. The molecule has 22 heavy (non-hydrogen) atoms. The van der Waals surface area contributed by atoms with Gasteiger partial charge in [0.05, 0.1) is 12.4 Å². The minimum absolute atomic E-state index is 0. The molecule has 0 aliphatic carbocycles. The van der Waals surface area contributed by atoms with E-state index in [1.54, 1.807) is 11.8 Å². The molecule has 0 radical (unpaired) electrons. The number of thioether (sulfide) groups is 1. The van der Waals surface area contributed by atoms with E-state index in [2.05, 4.69) is 5.32 Å². The number of benzene rings is 1. The molecule has 0 bridgehead atoms. The molecule has 4 nitrogen and oxygen atoms in total. The number of rotatable bonds is 6. The number of ether oxygens (including phenoxy) is 1. The van der Waals surface area contributed by atoms with Crippen molar-refractivity contribution in [3.8, 4) is 5.75 Å². The summed E-state index contributed by atoms with van der Waals surface area (Å²) in [5, 5.41) is 3.27. The SMILES string of the molecule is CCOc1ccc(SCC(=O)N2CCCC(NC)C2)cc1.Cl. The van der Waals surface area contributed by atoms with E-state index in [0.29, 0.717) is 18.4 Å². The highest BCUT2D eigenvalue weighted by atomic mass is 35.5. The lowest BCUT2D eigenvalue weighted by atomic mass is 10.1. The number of amides is 1. The molecule has 1 N–H and O–H groups in total. The highest BCUT2D eigenvalue weighted by Crippen LogP contribution is 2.22. The third kappa shape index (κ3) is 5.71. The van der Waals surface area contributed by atoms with Gasteiger partial charge in [0.25, 0.3) is 0 Å². The summed E-state index contributed by atoms with van der Waals surface area (Å²) < 4.78 is 5.41. The van der Waals surface area contributed by atoms with E-state index in [1.165, 1.54) is 0 Å². The van der Waals surface area contributed by atoms with Crippen molar-refractivity contribution in [3.63, 3.8) is 0 Å². The van der Waals surface area contributed by atoms with Crippen molar-refractivity contribution in [1.29, 1.82) is 0 Å². The summed E-state index contributed by atoms with van der Waals surface area (Å²) in [5.74, 6) is 1.61. The Morgan fingerprint density at radius 1 is 1.41 bits per heavy atom. The van der Waals surface area contributed by atoms with Crippen LogP contribution >= 0.6 is 24.2 Å². The van der Waals surface area contributed by atoms with E-state index in [0.717, 1.165) is 36.6 Å². The minimum Gasteiger partial charge on any atom is -0.494 e. The van der Waals surface area contributed by atoms with Crippen molar-refractivity contribution in [1.82, 2.24) is 10.2 Å². The lowest BCUT2D eigenvalue weighted by Gasteiger charge is -2.32. The normalized spacial score (nSPS) is 17.7. The Balaban J connectivity index is 0.00000242. The van der Waals surface area contributed by atoms with Crippen LogP contribution in [0.25, 0.3) is 0 Å². The number of piperidine rings is 1. The lowest BCUT2D eigenvalue weighted by molar-refractivity contribution is -0.129. The van der Waals surface area contributed by atoms with Gasteiger partial charge in [-0.3, -0.25) is 4.79 Å². The highest BCUT2D eigenvalue weighted by Gasteiger charge is 2.22. The Hall–Kier alpha value is -0.910. The van der Waals surface area contributed by atoms with E-state index in [-0.39, 0.29) is 18.3 Å². The number of nitrogens with zero attached hydrogens (tertiary/aromatic N) is 1. The quantitative estimate of drug-likeness (QED) is 0.806. The number of likely N-dealkylation sites (tertiary alicyclic amines) is 1. The monoisotopic (exact) mass is 344 g/mol. The summed E-state index contributed by atoms with van der Waals surface area (Å²) in [7, 11) is 1.97. The summed E-state index contributed by atoms with van der Waals surface area (Å²) >= 11 is 1.59. The van der Waals surface area contributed by atoms with Crippen molar-refractivity contribution in [3.05, 3.63) is 24.3 Å². The molecule has 1 aliphatic rings. The molecule has 1 aliphatic heterocycles. The first kappa shape index (κ1) is 19.1. The molecular weight excluding hydrogens is 320 g/mol. The molecular formula is C16H25ClN2O2S. The molecule has 1 heterocycles. The Morgan fingerprint density at radius 3 is 2.77 bits per heavy atom. The molecule has 1 amide bonds. The first-order valence-electron chi connectivity index (χ1n) is 7.53. The molecule has 2 rings (SSSR count). The number of nitrogens with one attached hydrogen (secondary N) is 1. The number of halogens is 1. The maximum Gasteiger partial charge on any atom is 0.232 e. The van der Waals surface area contributed by atoms with Crippen molar-refractivity contribution >= 4 is 30.1 Å². The summed E-state index contributed by atoms with van der Waals surface area (Å²) in [6, 6.07) is 8.37. The van der Waals surface area contributed by atoms with Crippen molar-refractivity contribution in [2.75, 3.05) is 32.5 Å². The molecule has 1 saturated heterocycles. The average Bonchev–Trinajstić information content (AvgIpc) is 2.54. The van der Waals surface area contributed by atoms with Gasteiger partial charge >= 0.3 is 0 Å². The van der Waals surface area contributed by atoms with Crippen LogP contribution in [-0.4, -0.2) is 49.3 Å². The van der Waals surface area contributed by atoms with Crippen molar-refractivity contribution in [2.24, 2.45) is 0 Å². The van der Waals surface area contributed by atoms with Crippen molar-refractivity contribution in [2.45, 2.75) is 30.7 Å². The maximum absolute atomic E-state index is 12.3. The summed E-state index contributed by atoms with van der Waals surface area (Å²) in [6.07, 6.45) is 2.25. The van der Waals surface area contributed by atoms with Crippen LogP contribution < -0.4 is 10.1 Å². The topological polar surface area (TPSA) is 41.6 Å². The van der Waals surface area contributed by atoms with E-state index in [9.17, 15) is 4.79 Å². The molecule has 1 aromatic rings. The van der Waals surface area contributed by atoms with Crippen LogP contribution in [-0.2, 0) is 4.79 Å². The zero-order valence-electron chi connectivity index (χ0n) is 13.2. The van der Waals surface area contributed by atoms with Crippen LogP contribution in [0.5, 0.6) is 5.75 Å². The molecule has 0 saturated carbocycles. The van der Waals surface area contributed by atoms with Crippen LogP contribution in [0.1, 0.15) is 19.8 Å². The number of hydrogen-bond donors (Lipinski definition) is 1.